The Hall–Kier alpha value is -1.56. The summed E-state index contributed by atoms with van der Waals surface area (Å²) in [5, 5.41) is 9.33. The molecular formula is C11H18N4O2. The Kier molecular flexibility index (Phi) is 3.06. The smallest absolute Gasteiger partial charge is 0.257 e. The Morgan fingerprint density at radius 2 is 2.47 bits per heavy atom. The summed E-state index contributed by atoms with van der Waals surface area (Å²) in [7, 11) is 0. The topological polar surface area (TPSA) is 93.0 Å². The maximum atomic E-state index is 11.9. The number of nitrogens with one attached hydrogen (secondary N) is 2. The summed E-state index contributed by atoms with van der Waals surface area (Å²) in [5.41, 5.74) is 6.48. The highest BCUT2D eigenvalue weighted by atomic mass is 16.5. The highest BCUT2D eigenvalue weighted by Gasteiger charge is 2.30. The van der Waals surface area contributed by atoms with Crippen LogP contribution >= 0.6 is 0 Å². The van der Waals surface area contributed by atoms with Crippen LogP contribution in [0.15, 0.2) is 0 Å². The number of hydrogen-bond donors (Lipinski definition) is 3. The van der Waals surface area contributed by atoms with Crippen LogP contribution in [0.25, 0.3) is 0 Å². The number of rotatable bonds is 3. The summed E-state index contributed by atoms with van der Waals surface area (Å²) in [6.07, 6.45) is 2.01. The van der Waals surface area contributed by atoms with Crippen molar-refractivity contribution in [2.45, 2.75) is 32.3 Å². The van der Waals surface area contributed by atoms with Crippen LogP contribution in [0, 0.1) is 6.92 Å². The molecule has 2 rings (SSSR count). The van der Waals surface area contributed by atoms with Crippen molar-refractivity contribution in [3.8, 4) is 0 Å². The van der Waals surface area contributed by atoms with Gasteiger partial charge >= 0.3 is 0 Å². The Bertz CT molecular complexity index is 402. The van der Waals surface area contributed by atoms with Gasteiger partial charge in [0.25, 0.3) is 5.91 Å². The van der Waals surface area contributed by atoms with Gasteiger partial charge < -0.3 is 15.8 Å². The Morgan fingerprint density at radius 1 is 1.71 bits per heavy atom. The summed E-state index contributed by atoms with van der Waals surface area (Å²) < 4.78 is 5.60. The van der Waals surface area contributed by atoms with Gasteiger partial charge in [-0.25, -0.2) is 0 Å². The molecule has 0 spiro atoms. The van der Waals surface area contributed by atoms with Gasteiger partial charge in [-0.15, -0.1) is 0 Å². The second kappa shape index (κ2) is 4.37. The van der Waals surface area contributed by atoms with Crippen LogP contribution < -0.4 is 11.1 Å². The first kappa shape index (κ1) is 11.9. The number of H-pyrrole nitrogens is 1. The van der Waals surface area contributed by atoms with E-state index >= 15 is 0 Å². The first-order valence-corrected chi connectivity index (χ1v) is 5.74. The third-order valence-electron chi connectivity index (χ3n) is 3.13. The SMILES string of the molecule is Cc1[nH]nc(N)c1C(=O)NCC1(C)CCCO1. The van der Waals surface area contributed by atoms with Gasteiger partial charge in [0, 0.05) is 18.8 Å². The molecule has 6 heteroatoms. The molecule has 1 aliphatic heterocycles. The van der Waals surface area contributed by atoms with E-state index in [1.807, 2.05) is 6.92 Å². The van der Waals surface area contributed by atoms with E-state index in [2.05, 4.69) is 15.5 Å². The third-order valence-corrected chi connectivity index (χ3v) is 3.13. The standard InChI is InChI=1S/C11H18N4O2/c1-7-8(9(12)15-14-7)10(16)13-6-11(2)4-3-5-17-11/h3-6H2,1-2H3,(H,13,16)(H3,12,14,15). The molecule has 1 aliphatic rings. The predicted octanol–water partition coefficient (Wildman–Crippen LogP) is 0.599. The molecule has 0 aromatic carbocycles. The number of nitrogens with two attached hydrogens (primary N) is 1. The van der Waals surface area contributed by atoms with Crippen molar-refractivity contribution in [1.82, 2.24) is 15.5 Å². The Labute approximate surface area is 99.9 Å². The zero-order valence-corrected chi connectivity index (χ0v) is 10.2. The highest BCUT2D eigenvalue weighted by molar-refractivity contribution is 5.99. The van der Waals surface area contributed by atoms with E-state index < -0.39 is 0 Å². The molecule has 1 saturated heterocycles. The average Bonchev–Trinajstić information content (AvgIpc) is 2.84. The summed E-state index contributed by atoms with van der Waals surface area (Å²) in [6.45, 7) is 5.03. The van der Waals surface area contributed by atoms with E-state index in [4.69, 9.17) is 10.5 Å². The van der Waals surface area contributed by atoms with E-state index in [0.29, 0.717) is 17.8 Å². The van der Waals surface area contributed by atoms with E-state index in [1.165, 1.54) is 0 Å². The fourth-order valence-electron chi connectivity index (χ4n) is 2.07. The van der Waals surface area contributed by atoms with Crippen LogP contribution in [0.4, 0.5) is 5.82 Å². The van der Waals surface area contributed by atoms with E-state index in [-0.39, 0.29) is 17.3 Å². The number of anilines is 1. The number of carbonyl (C=O) groups is 1. The van der Waals surface area contributed by atoms with Crippen molar-refractivity contribution in [1.29, 1.82) is 0 Å². The summed E-state index contributed by atoms with van der Waals surface area (Å²) in [6, 6.07) is 0. The largest absolute Gasteiger partial charge is 0.382 e. The lowest BCUT2D eigenvalue weighted by atomic mass is 10.0. The third kappa shape index (κ3) is 2.41. The van der Waals surface area contributed by atoms with Gasteiger partial charge in [-0.2, -0.15) is 5.10 Å². The summed E-state index contributed by atoms with van der Waals surface area (Å²) in [4.78, 5) is 11.9. The number of hydrogen-bond acceptors (Lipinski definition) is 4. The number of aromatic nitrogens is 2. The number of amides is 1. The quantitative estimate of drug-likeness (QED) is 0.718. The van der Waals surface area contributed by atoms with Crippen molar-refractivity contribution in [2.24, 2.45) is 0 Å². The molecule has 94 valence electrons. The number of carbonyl (C=O) groups excluding carboxylic acids is 1. The maximum absolute atomic E-state index is 11.9. The average molecular weight is 238 g/mol. The van der Waals surface area contributed by atoms with Crippen molar-refractivity contribution in [3.05, 3.63) is 11.3 Å². The molecule has 1 fully saturated rings. The van der Waals surface area contributed by atoms with Gasteiger partial charge in [0.2, 0.25) is 0 Å². The molecule has 0 radical (unpaired) electrons. The minimum absolute atomic E-state index is 0.203. The fraction of sp³-hybridized carbons (Fsp3) is 0.636. The van der Waals surface area contributed by atoms with Gasteiger partial charge in [-0.3, -0.25) is 9.89 Å². The minimum atomic E-state index is -0.248. The fourth-order valence-corrected chi connectivity index (χ4v) is 2.07. The molecule has 0 aliphatic carbocycles. The van der Waals surface area contributed by atoms with Crippen LogP contribution in [-0.4, -0.2) is 34.9 Å². The first-order valence-electron chi connectivity index (χ1n) is 5.74. The molecule has 4 N–H and O–H groups in total. The lowest BCUT2D eigenvalue weighted by molar-refractivity contribution is 0.0206. The number of nitrogens with zero attached hydrogens (tertiary/aromatic N) is 1. The zero-order chi connectivity index (χ0) is 12.5. The molecule has 6 nitrogen and oxygen atoms in total. The molecule has 0 bridgehead atoms. The zero-order valence-electron chi connectivity index (χ0n) is 10.2. The van der Waals surface area contributed by atoms with Crippen LogP contribution in [0.1, 0.15) is 35.8 Å². The van der Waals surface area contributed by atoms with Crippen molar-refractivity contribution >= 4 is 11.7 Å². The van der Waals surface area contributed by atoms with Gasteiger partial charge in [0.1, 0.15) is 5.56 Å². The minimum Gasteiger partial charge on any atom is -0.382 e. The number of nitrogen functional groups attached to an aromatic ring is 1. The van der Waals surface area contributed by atoms with Gasteiger partial charge in [-0.05, 0) is 26.7 Å². The Morgan fingerprint density at radius 3 is 3.00 bits per heavy atom. The van der Waals surface area contributed by atoms with Crippen LogP contribution in [-0.2, 0) is 4.74 Å². The van der Waals surface area contributed by atoms with Gasteiger partial charge in [0.05, 0.1) is 5.60 Å². The molecule has 1 atom stereocenters. The van der Waals surface area contributed by atoms with E-state index in [9.17, 15) is 4.79 Å². The summed E-state index contributed by atoms with van der Waals surface area (Å²) in [5.74, 6) is 0.0305. The van der Waals surface area contributed by atoms with Gasteiger partial charge in [-0.1, -0.05) is 0 Å². The van der Waals surface area contributed by atoms with Gasteiger partial charge in [0.15, 0.2) is 5.82 Å². The second-order valence-corrected chi connectivity index (χ2v) is 4.69. The molecule has 0 saturated carbocycles. The molecule has 17 heavy (non-hydrogen) atoms. The molecule has 2 heterocycles. The Balaban J connectivity index is 1.98. The maximum Gasteiger partial charge on any atom is 0.257 e. The summed E-state index contributed by atoms with van der Waals surface area (Å²) >= 11 is 0. The van der Waals surface area contributed by atoms with Crippen LogP contribution in [0.3, 0.4) is 0 Å². The van der Waals surface area contributed by atoms with E-state index in [0.717, 1.165) is 19.4 Å². The number of ether oxygens (including phenoxy) is 1. The number of aromatic amines is 1. The molecule has 1 aromatic heterocycles. The van der Waals surface area contributed by atoms with Crippen molar-refractivity contribution in [2.75, 3.05) is 18.9 Å². The van der Waals surface area contributed by atoms with E-state index in [1.54, 1.807) is 6.92 Å². The van der Waals surface area contributed by atoms with Crippen molar-refractivity contribution in [3.63, 3.8) is 0 Å². The highest BCUT2D eigenvalue weighted by Crippen LogP contribution is 2.24. The second-order valence-electron chi connectivity index (χ2n) is 4.69. The van der Waals surface area contributed by atoms with Crippen LogP contribution in [0.2, 0.25) is 0 Å². The van der Waals surface area contributed by atoms with Crippen molar-refractivity contribution < 1.29 is 9.53 Å². The normalized spacial score (nSPS) is 23.9. The molecular weight excluding hydrogens is 220 g/mol. The molecule has 1 aromatic rings. The van der Waals surface area contributed by atoms with Crippen LogP contribution in [0.5, 0.6) is 0 Å². The lowest BCUT2D eigenvalue weighted by Crippen LogP contribution is -2.40. The lowest BCUT2D eigenvalue weighted by Gasteiger charge is -2.23. The number of aryl methyl sites for hydroxylation is 1. The molecule has 1 unspecified atom stereocenters. The predicted molar refractivity (Wildman–Crippen MR) is 63.7 cm³/mol. The first-order chi connectivity index (χ1) is 8.02. The molecule has 1 amide bonds. The monoisotopic (exact) mass is 238 g/mol.